The average Bonchev–Trinajstić information content (AvgIpc) is 2.95. The number of aryl methyl sites for hydroxylation is 1. The third-order valence-corrected chi connectivity index (χ3v) is 3.15. The van der Waals surface area contributed by atoms with Gasteiger partial charge in [0.1, 0.15) is 13.2 Å². The molecule has 0 radical (unpaired) electrons. The van der Waals surface area contributed by atoms with Gasteiger partial charge >= 0.3 is 0 Å². The summed E-state index contributed by atoms with van der Waals surface area (Å²) in [6.07, 6.45) is 1.72. The zero-order chi connectivity index (χ0) is 13.9. The molecular formula is C14H17N3O3. The monoisotopic (exact) mass is 275 g/mol. The lowest BCUT2D eigenvalue weighted by Gasteiger charge is -2.19. The Bertz CT molecular complexity index is 597. The fraction of sp³-hybridized carbons (Fsp3) is 0.429. The van der Waals surface area contributed by atoms with E-state index in [9.17, 15) is 0 Å². The molecule has 0 aliphatic carbocycles. The highest BCUT2D eigenvalue weighted by Crippen LogP contribution is 2.33. The average molecular weight is 275 g/mol. The number of fused-ring (bicyclic) bond motifs is 1. The molecule has 106 valence electrons. The van der Waals surface area contributed by atoms with E-state index >= 15 is 0 Å². The summed E-state index contributed by atoms with van der Waals surface area (Å²) in [7, 11) is 0. The quantitative estimate of drug-likeness (QED) is 0.916. The molecule has 0 amide bonds. The van der Waals surface area contributed by atoms with Crippen LogP contribution in [0.2, 0.25) is 0 Å². The highest BCUT2D eigenvalue weighted by Gasteiger charge is 2.19. The molecule has 0 saturated carbocycles. The number of ether oxygens (including phenoxy) is 2. The maximum atomic E-state index is 6.18. The minimum atomic E-state index is -0.430. The van der Waals surface area contributed by atoms with Crippen LogP contribution >= 0.6 is 0 Å². The Hall–Kier alpha value is -2.08. The number of nitrogens with zero attached hydrogens (tertiary/aromatic N) is 2. The Balaban J connectivity index is 1.83. The summed E-state index contributed by atoms with van der Waals surface area (Å²) in [5.74, 6) is 2.56. The molecule has 1 aromatic heterocycles. The van der Waals surface area contributed by atoms with Crippen molar-refractivity contribution in [2.45, 2.75) is 25.8 Å². The lowest BCUT2D eigenvalue weighted by atomic mass is 10.1. The van der Waals surface area contributed by atoms with Crippen molar-refractivity contribution in [3.63, 3.8) is 0 Å². The number of nitrogens with two attached hydrogens (primary N) is 1. The van der Waals surface area contributed by atoms with Gasteiger partial charge in [-0.05, 0) is 24.1 Å². The van der Waals surface area contributed by atoms with E-state index in [1.165, 1.54) is 0 Å². The highest BCUT2D eigenvalue weighted by atomic mass is 16.6. The van der Waals surface area contributed by atoms with Crippen molar-refractivity contribution in [3.8, 4) is 11.5 Å². The molecule has 1 aliphatic rings. The van der Waals surface area contributed by atoms with Crippen LogP contribution in [0.4, 0.5) is 0 Å². The van der Waals surface area contributed by atoms with Crippen molar-refractivity contribution in [2.24, 2.45) is 5.73 Å². The molecule has 2 heterocycles. The van der Waals surface area contributed by atoms with E-state index in [0.717, 1.165) is 24.2 Å². The van der Waals surface area contributed by atoms with E-state index in [-0.39, 0.29) is 0 Å². The third kappa shape index (κ3) is 2.46. The smallest absolute Gasteiger partial charge is 0.226 e. The number of rotatable bonds is 4. The van der Waals surface area contributed by atoms with Gasteiger partial charge in [-0.25, -0.2) is 0 Å². The third-order valence-electron chi connectivity index (χ3n) is 3.15. The normalized spacial score (nSPS) is 15.1. The molecule has 0 bridgehead atoms. The molecule has 6 nitrogen and oxygen atoms in total. The highest BCUT2D eigenvalue weighted by molar-refractivity contribution is 5.45. The molecular weight excluding hydrogens is 258 g/mol. The lowest BCUT2D eigenvalue weighted by Crippen LogP contribution is -2.17. The van der Waals surface area contributed by atoms with Crippen LogP contribution in [0.15, 0.2) is 22.7 Å². The number of hydrogen-bond donors (Lipinski definition) is 1. The Kier molecular flexibility index (Phi) is 3.56. The van der Waals surface area contributed by atoms with E-state index in [0.29, 0.717) is 30.7 Å². The Morgan fingerprint density at radius 3 is 2.85 bits per heavy atom. The van der Waals surface area contributed by atoms with E-state index in [1.807, 2.05) is 18.2 Å². The van der Waals surface area contributed by atoms with Gasteiger partial charge in [0.15, 0.2) is 17.3 Å². The summed E-state index contributed by atoms with van der Waals surface area (Å²) < 4.78 is 16.2. The van der Waals surface area contributed by atoms with Crippen LogP contribution in [-0.2, 0) is 6.42 Å². The molecule has 3 rings (SSSR count). The van der Waals surface area contributed by atoms with E-state index in [1.54, 1.807) is 0 Å². The zero-order valence-electron chi connectivity index (χ0n) is 11.3. The van der Waals surface area contributed by atoms with Crippen molar-refractivity contribution in [2.75, 3.05) is 13.2 Å². The summed E-state index contributed by atoms with van der Waals surface area (Å²) >= 11 is 0. The molecule has 6 heteroatoms. The molecule has 1 aromatic carbocycles. The molecule has 0 saturated heterocycles. The van der Waals surface area contributed by atoms with E-state index in [2.05, 4.69) is 17.1 Å². The largest absolute Gasteiger partial charge is 0.486 e. The second kappa shape index (κ2) is 5.50. The second-order valence-electron chi connectivity index (χ2n) is 4.68. The Morgan fingerprint density at radius 2 is 2.05 bits per heavy atom. The van der Waals surface area contributed by atoms with Crippen LogP contribution in [0.1, 0.15) is 36.7 Å². The molecule has 1 atom stereocenters. The number of benzene rings is 1. The summed E-state index contributed by atoms with van der Waals surface area (Å²) in [6, 6.07) is 5.19. The number of hydrogen-bond acceptors (Lipinski definition) is 6. The first-order valence-electron chi connectivity index (χ1n) is 6.75. The maximum absolute atomic E-state index is 6.18. The summed E-state index contributed by atoms with van der Waals surface area (Å²) in [4.78, 5) is 4.31. The van der Waals surface area contributed by atoms with Crippen LogP contribution < -0.4 is 15.2 Å². The summed E-state index contributed by atoms with van der Waals surface area (Å²) in [5, 5.41) is 3.94. The predicted octanol–water partition coefficient (Wildman–Crippen LogP) is 1.84. The van der Waals surface area contributed by atoms with Crippen molar-refractivity contribution < 1.29 is 14.0 Å². The predicted molar refractivity (Wildman–Crippen MR) is 71.8 cm³/mol. The minimum absolute atomic E-state index is 0.430. The summed E-state index contributed by atoms with van der Waals surface area (Å²) in [6.45, 7) is 3.18. The summed E-state index contributed by atoms with van der Waals surface area (Å²) in [5.41, 5.74) is 7.05. The van der Waals surface area contributed by atoms with Crippen molar-refractivity contribution >= 4 is 0 Å². The van der Waals surface area contributed by atoms with Crippen LogP contribution in [-0.4, -0.2) is 23.4 Å². The van der Waals surface area contributed by atoms with Gasteiger partial charge < -0.3 is 19.7 Å². The van der Waals surface area contributed by atoms with Gasteiger partial charge in [0, 0.05) is 6.42 Å². The first kappa shape index (κ1) is 12.9. The molecule has 2 N–H and O–H groups in total. The second-order valence-corrected chi connectivity index (χ2v) is 4.68. The van der Waals surface area contributed by atoms with Gasteiger partial charge in [-0.1, -0.05) is 18.1 Å². The van der Waals surface area contributed by atoms with Gasteiger partial charge in [0.2, 0.25) is 5.89 Å². The lowest BCUT2D eigenvalue weighted by molar-refractivity contribution is 0.171. The molecule has 2 aromatic rings. The fourth-order valence-electron chi connectivity index (χ4n) is 2.11. The van der Waals surface area contributed by atoms with Crippen LogP contribution in [0.3, 0.4) is 0 Å². The van der Waals surface area contributed by atoms with E-state index in [4.69, 9.17) is 19.7 Å². The topological polar surface area (TPSA) is 83.4 Å². The van der Waals surface area contributed by atoms with Crippen molar-refractivity contribution in [1.82, 2.24) is 10.1 Å². The van der Waals surface area contributed by atoms with Gasteiger partial charge in [0.25, 0.3) is 0 Å². The van der Waals surface area contributed by atoms with Crippen molar-refractivity contribution in [1.29, 1.82) is 0 Å². The van der Waals surface area contributed by atoms with Crippen LogP contribution in [0.25, 0.3) is 0 Å². The Labute approximate surface area is 116 Å². The zero-order valence-corrected chi connectivity index (χ0v) is 11.3. The Morgan fingerprint density at radius 1 is 1.25 bits per heavy atom. The molecule has 0 spiro atoms. The van der Waals surface area contributed by atoms with Gasteiger partial charge in [0.05, 0.1) is 6.04 Å². The maximum Gasteiger partial charge on any atom is 0.226 e. The SMILES string of the molecule is CCCc1nc(C(N)c2ccc3c(c2)OCCO3)no1. The van der Waals surface area contributed by atoms with E-state index < -0.39 is 6.04 Å². The molecule has 20 heavy (non-hydrogen) atoms. The fourth-order valence-corrected chi connectivity index (χ4v) is 2.11. The van der Waals surface area contributed by atoms with Crippen LogP contribution in [0, 0.1) is 0 Å². The molecule has 0 fully saturated rings. The van der Waals surface area contributed by atoms with Gasteiger partial charge in [-0.2, -0.15) is 4.98 Å². The van der Waals surface area contributed by atoms with Gasteiger partial charge in [-0.3, -0.25) is 0 Å². The van der Waals surface area contributed by atoms with Gasteiger partial charge in [-0.15, -0.1) is 0 Å². The first-order valence-corrected chi connectivity index (χ1v) is 6.75. The molecule has 1 aliphatic heterocycles. The molecule has 1 unspecified atom stereocenters. The standard InChI is InChI=1S/C14H17N3O3/c1-2-3-12-16-14(17-20-12)13(15)9-4-5-10-11(8-9)19-7-6-18-10/h4-5,8,13H,2-3,6-7,15H2,1H3. The van der Waals surface area contributed by atoms with Crippen LogP contribution in [0.5, 0.6) is 11.5 Å². The van der Waals surface area contributed by atoms with Crippen molar-refractivity contribution in [3.05, 3.63) is 35.5 Å². The number of aromatic nitrogens is 2. The first-order chi connectivity index (χ1) is 9.78. The minimum Gasteiger partial charge on any atom is -0.486 e.